The molecule has 0 unspecified atom stereocenters. The van der Waals surface area contributed by atoms with Gasteiger partial charge in [-0.15, -0.1) is 0 Å². The second-order valence-corrected chi connectivity index (χ2v) is 7.11. The van der Waals surface area contributed by atoms with Gasteiger partial charge in [0, 0.05) is 39.2 Å². The van der Waals surface area contributed by atoms with Crippen molar-refractivity contribution in [3.05, 3.63) is 78.6 Å². The van der Waals surface area contributed by atoms with E-state index < -0.39 is 0 Å². The molecule has 0 atom stereocenters. The minimum Gasteiger partial charge on any atom is -0.490 e. The number of nitrogens with zero attached hydrogens (tertiary/aromatic N) is 4. The molecule has 3 aromatic rings. The maximum absolute atomic E-state index is 6.09. The van der Waals surface area contributed by atoms with Gasteiger partial charge in [-0.2, -0.15) is 5.10 Å². The Bertz CT molecular complexity index is 915. The molecule has 1 fully saturated rings. The summed E-state index contributed by atoms with van der Waals surface area (Å²) in [5, 5.41) is 8.10. The van der Waals surface area contributed by atoms with E-state index in [9.17, 15) is 0 Å². The van der Waals surface area contributed by atoms with E-state index in [1.807, 2.05) is 84.7 Å². The minimum absolute atomic E-state index is 0.258. The topological polar surface area (TPSA) is 54.7 Å². The fourth-order valence-corrected chi connectivity index (χ4v) is 3.56. The zero-order chi connectivity index (χ0) is 19.9. The third-order valence-corrected chi connectivity index (χ3v) is 5.09. The maximum atomic E-state index is 6.09. The van der Waals surface area contributed by atoms with Crippen molar-refractivity contribution in [1.29, 1.82) is 0 Å². The summed E-state index contributed by atoms with van der Waals surface area (Å²) in [5.74, 6) is 1.86. The van der Waals surface area contributed by atoms with Crippen LogP contribution in [-0.4, -0.2) is 46.9 Å². The van der Waals surface area contributed by atoms with Gasteiger partial charge >= 0.3 is 0 Å². The van der Waals surface area contributed by atoms with Crippen molar-refractivity contribution >= 4 is 5.96 Å². The molecular formula is C23H27N5O. The van der Waals surface area contributed by atoms with E-state index in [1.54, 1.807) is 0 Å². The first-order valence-corrected chi connectivity index (χ1v) is 10.1. The average Bonchev–Trinajstić information content (AvgIpc) is 3.26. The van der Waals surface area contributed by atoms with Crippen LogP contribution < -0.4 is 10.1 Å². The number of piperidine rings is 1. The van der Waals surface area contributed by atoms with Crippen LogP contribution in [0.2, 0.25) is 0 Å². The predicted octanol–water partition coefficient (Wildman–Crippen LogP) is 3.49. The van der Waals surface area contributed by atoms with Gasteiger partial charge < -0.3 is 15.0 Å². The lowest BCUT2D eigenvalue weighted by molar-refractivity contribution is 0.129. The highest BCUT2D eigenvalue weighted by Gasteiger charge is 2.22. The number of aliphatic imine (C=N–C) groups is 1. The molecule has 0 radical (unpaired) electrons. The number of rotatable bonds is 5. The first-order chi connectivity index (χ1) is 14.3. The molecule has 2 heterocycles. The summed E-state index contributed by atoms with van der Waals surface area (Å²) < 4.78 is 7.99. The van der Waals surface area contributed by atoms with Crippen molar-refractivity contribution in [3.63, 3.8) is 0 Å². The van der Waals surface area contributed by atoms with Gasteiger partial charge in [0.05, 0.1) is 17.9 Å². The van der Waals surface area contributed by atoms with Gasteiger partial charge in [0.25, 0.3) is 0 Å². The average molecular weight is 390 g/mol. The number of hydrogen-bond acceptors (Lipinski definition) is 3. The Balaban J connectivity index is 1.28. The molecule has 6 nitrogen and oxygen atoms in total. The quantitative estimate of drug-likeness (QED) is 0.536. The number of nitrogens with one attached hydrogen (secondary N) is 1. The molecule has 29 heavy (non-hydrogen) atoms. The van der Waals surface area contributed by atoms with Crippen molar-refractivity contribution < 1.29 is 4.74 Å². The van der Waals surface area contributed by atoms with Crippen LogP contribution in [0.25, 0.3) is 5.69 Å². The lowest BCUT2D eigenvalue weighted by Crippen LogP contribution is -2.47. The molecule has 0 aliphatic carbocycles. The van der Waals surface area contributed by atoms with Gasteiger partial charge in [-0.25, -0.2) is 4.68 Å². The number of hydrogen-bond donors (Lipinski definition) is 1. The van der Waals surface area contributed by atoms with Gasteiger partial charge in [0.2, 0.25) is 0 Å². The van der Waals surface area contributed by atoms with E-state index in [-0.39, 0.29) is 6.10 Å². The van der Waals surface area contributed by atoms with Crippen LogP contribution in [0, 0.1) is 0 Å². The van der Waals surface area contributed by atoms with Crippen LogP contribution in [0.4, 0.5) is 0 Å². The summed E-state index contributed by atoms with van der Waals surface area (Å²) in [6.45, 7) is 2.50. The molecule has 2 aromatic carbocycles. The summed E-state index contributed by atoms with van der Waals surface area (Å²) >= 11 is 0. The first-order valence-electron chi connectivity index (χ1n) is 10.1. The van der Waals surface area contributed by atoms with Crippen molar-refractivity contribution in [2.75, 3.05) is 20.1 Å². The maximum Gasteiger partial charge on any atom is 0.193 e. The molecule has 1 saturated heterocycles. The second kappa shape index (κ2) is 9.28. The van der Waals surface area contributed by atoms with E-state index >= 15 is 0 Å². The zero-order valence-electron chi connectivity index (χ0n) is 16.7. The third kappa shape index (κ3) is 4.96. The smallest absolute Gasteiger partial charge is 0.193 e. The normalized spacial score (nSPS) is 15.3. The summed E-state index contributed by atoms with van der Waals surface area (Å²) in [5.41, 5.74) is 2.04. The second-order valence-electron chi connectivity index (χ2n) is 7.11. The predicted molar refractivity (Wildman–Crippen MR) is 115 cm³/mol. The number of likely N-dealkylation sites (tertiary alicyclic amines) is 1. The Morgan fingerprint density at radius 3 is 2.41 bits per heavy atom. The molecule has 0 saturated carbocycles. The van der Waals surface area contributed by atoms with E-state index in [1.165, 1.54) is 0 Å². The van der Waals surface area contributed by atoms with Crippen molar-refractivity contribution in [2.24, 2.45) is 4.99 Å². The number of guanidine groups is 1. The van der Waals surface area contributed by atoms with Crippen LogP contribution in [0.3, 0.4) is 0 Å². The van der Waals surface area contributed by atoms with Crippen LogP contribution in [0.1, 0.15) is 18.5 Å². The van der Waals surface area contributed by atoms with E-state index in [0.29, 0.717) is 6.54 Å². The van der Waals surface area contributed by atoms with E-state index in [4.69, 9.17) is 4.74 Å². The van der Waals surface area contributed by atoms with Crippen LogP contribution in [0.5, 0.6) is 5.75 Å². The van der Waals surface area contributed by atoms with Gasteiger partial charge in [0.1, 0.15) is 11.9 Å². The molecule has 0 bridgehead atoms. The Morgan fingerprint density at radius 2 is 1.72 bits per heavy atom. The Labute approximate surface area is 171 Å². The van der Waals surface area contributed by atoms with Gasteiger partial charge in [0.15, 0.2) is 5.96 Å². The van der Waals surface area contributed by atoms with Crippen LogP contribution in [0.15, 0.2) is 77.9 Å². The minimum atomic E-state index is 0.258. The summed E-state index contributed by atoms with van der Waals surface area (Å²) in [7, 11) is 1.83. The molecule has 6 heteroatoms. The van der Waals surface area contributed by atoms with Crippen molar-refractivity contribution in [2.45, 2.75) is 25.5 Å². The van der Waals surface area contributed by atoms with Crippen LogP contribution in [-0.2, 0) is 6.54 Å². The fourth-order valence-electron chi connectivity index (χ4n) is 3.56. The molecule has 1 aliphatic rings. The Kier molecular flexibility index (Phi) is 6.10. The van der Waals surface area contributed by atoms with Gasteiger partial charge in [-0.1, -0.05) is 36.4 Å². The lowest BCUT2D eigenvalue weighted by atomic mass is 10.1. The number of benzene rings is 2. The first kappa shape index (κ1) is 19.1. The largest absolute Gasteiger partial charge is 0.490 e. The standard InChI is InChI=1S/C23H27N5O/c1-24-23(25-18-19-12-17-28(26-19)20-8-4-2-5-9-20)27-15-13-22(14-16-27)29-21-10-6-3-7-11-21/h2-12,17,22H,13-16,18H2,1H3,(H,24,25). The SMILES string of the molecule is CN=C(NCc1ccn(-c2ccccc2)n1)N1CCC(Oc2ccccc2)CC1. The number of para-hydroxylation sites is 2. The van der Waals surface area contributed by atoms with Gasteiger partial charge in [-0.05, 0) is 30.3 Å². The third-order valence-electron chi connectivity index (χ3n) is 5.09. The van der Waals surface area contributed by atoms with Gasteiger partial charge in [-0.3, -0.25) is 4.99 Å². The highest BCUT2D eigenvalue weighted by atomic mass is 16.5. The molecule has 0 amide bonds. The molecule has 1 aliphatic heterocycles. The summed E-state index contributed by atoms with van der Waals surface area (Å²) in [4.78, 5) is 6.75. The molecule has 1 aromatic heterocycles. The van der Waals surface area contributed by atoms with Crippen molar-refractivity contribution in [1.82, 2.24) is 20.0 Å². The summed E-state index contributed by atoms with van der Waals surface area (Å²) in [6.07, 6.45) is 4.21. The number of ether oxygens (including phenoxy) is 1. The molecule has 150 valence electrons. The molecule has 4 rings (SSSR count). The van der Waals surface area contributed by atoms with Crippen LogP contribution >= 0.6 is 0 Å². The highest BCUT2D eigenvalue weighted by molar-refractivity contribution is 5.79. The summed E-state index contributed by atoms with van der Waals surface area (Å²) in [6, 6.07) is 22.2. The zero-order valence-corrected chi connectivity index (χ0v) is 16.7. The number of aromatic nitrogens is 2. The van der Waals surface area contributed by atoms with E-state index in [2.05, 4.69) is 20.3 Å². The monoisotopic (exact) mass is 389 g/mol. The van der Waals surface area contributed by atoms with Crippen molar-refractivity contribution in [3.8, 4) is 11.4 Å². The fraction of sp³-hybridized carbons (Fsp3) is 0.304. The highest BCUT2D eigenvalue weighted by Crippen LogP contribution is 2.18. The Hall–Kier alpha value is -3.28. The molecular weight excluding hydrogens is 362 g/mol. The Morgan fingerprint density at radius 1 is 1.03 bits per heavy atom. The lowest BCUT2D eigenvalue weighted by Gasteiger charge is -2.34. The molecule has 0 spiro atoms. The molecule has 1 N–H and O–H groups in total. The van der Waals surface area contributed by atoms with E-state index in [0.717, 1.165) is 49.0 Å².